The molecule has 1 aromatic carbocycles. The van der Waals surface area contributed by atoms with E-state index in [2.05, 4.69) is 29.5 Å². The van der Waals surface area contributed by atoms with E-state index in [4.69, 9.17) is 19.3 Å². The van der Waals surface area contributed by atoms with Crippen LogP contribution in [0.3, 0.4) is 0 Å². The molecule has 27 heavy (non-hydrogen) atoms. The number of benzene rings is 1. The van der Waals surface area contributed by atoms with E-state index in [9.17, 15) is 0 Å². The molecular formula is C20H35N3O4. The van der Waals surface area contributed by atoms with Crippen LogP contribution < -0.4 is 20.1 Å². The zero-order valence-corrected chi connectivity index (χ0v) is 17.1. The number of nitrogens with one attached hydrogen (secondary N) is 2. The van der Waals surface area contributed by atoms with E-state index in [1.165, 1.54) is 0 Å². The third-order valence-corrected chi connectivity index (χ3v) is 3.55. The quantitative estimate of drug-likeness (QED) is 0.276. The van der Waals surface area contributed by atoms with Gasteiger partial charge < -0.3 is 30.0 Å². The van der Waals surface area contributed by atoms with Gasteiger partial charge in [-0.25, -0.2) is 4.99 Å². The highest BCUT2D eigenvalue weighted by Gasteiger charge is 2.06. The molecule has 154 valence electrons. The second kappa shape index (κ2) is 14.1. The fourth-order valence-electron chi connectivity index (χ4n) is 2.30. The third-order valence-electron chi connectivity index (χ3n) is 3.55. The van der Waals surface area contributed by atoms with Gasteiger partial charge in [-0.05, 0) is 37.0 Å². The van der Waals surface area contributed by atoms with Crippen molar-refractivity contribution in [1.82, 2.24) is 10.6 Å². The Morgan fingerprint density at radius 1 is 1.19 bits per heavy atom. The Balaban J connectivity index is 2.53. The summed E-state index contributed by atoms with van der Waals surface area (Å²) in [6.45, 7) is 10.2. The van der Waals surface area contributed by atoms with Crippen molar-refractivity contribution in [3.05, 3.63) is 23.8 Å². The molecule has 7 nitrogen and oxygen atoms in total. The molecule has 0 radical (unpaired) electrons. The number of aliphatic hydroxyl groups excluding tert-OH is 1. The van der Waals surface area contributed by atoms with Gasteiger partial charge >= 0.3 is 0 Å². The van der Waals surface area contributed by atoms with E-state index in [0.29, 0.717) is 24.0 Å². The van der Waals surface area contributed by atoms with Gasteiger partial charge in [0, 0.05) is 26.3 Å². The highest BCUT2D eigenvalue weighted by atomic mass is 16.5. The smallest absolute Gasteiger partial charge is 0.191 e. The first kappa shape index (κ1) is 23.0. The van der Waals surface area contributed by atoms with Crippen molar-refractivity contribution in [2.24, 2.45) is 10.9 Å². The fraction of sp³-hybridized carbons (Fsp3) is 0.650. The first-order chi connectivity index (χ1) is 13.1. The number of guanidine groups is 1. The van der Waals surface area contributed by atoms with Crippen LogP contribution in [0.25, 0.3) is 0 Å². The number of rotatable bonds is 13. The highest BCUT2D eigenvalue weighted by Crippen LogP contribution is 2.28. The molecule has 0 aliphatic rings. The number of methoxy groups -OCH3 is 1. The van der Waals surface area contributed by atoms with Gasteiger partial charge in [-0.1, -0.05) is 19.9 Å². The van der Waals surface area contributed by atoms with E-state index < -0.39 is 0 Å². The molecular weight excluding hydrogens is 346 g/mol. The maximum Gasteiger partial charge on any atom is 0.191 e. The van der Waals surface area contributed by atoms with E-state index >= 15 is 0 Å². The second-order valence-electron chi connectivity index (χ2n) is 6.50. The maximum atomic E-state index is 8.88. The van der Waals surface area contributed by atoms with E-state index in [1.807, 2.05) is 25.1 Å². The Labute approximate surface area is 163 Å². The van der Waals surface area contributed by atoms with Gasteiger partial charge in [0.25, 0.3) is 0 Å². The summed E-state index contributed by atoms with van der Waals surface area (Å²) in [7, 11) is 1.60. The summed E-state index contributed by atoms with van der Waals surface area (Å²) in [6, 6.07) is 5.69. The normalized spacial score (nSPS) is 11.6. The average Bonchev–Trinajstić information content (AvgIpc) is 2.66. The average molecular weight is 382 g/mol. The Morgan fingerprint density at radius 3 is 2.67 bits per heavy atom. The Bertz CT molecular complexity index is 550. The first-order valence-corrected chi connectivity index (χ1v) is 9.61. The predicted molar refractivity (Wildman–Crippen MR) is 109 cm³/mol. The minimum absolute atomic E-state index is 0.0323. The molecule has 0 saturated carbocycles. The number of aliphatic imine (C=N–C) groups is 1. The number of hydrogen-bond donors (Lipinski definition) is 3. The molecule has 0 aliphatic heterocycles. The molecule has 0 aromatic heterocycles. The lowest BCUT2D eigenvalue weighted by Crippen LogP contribution is -2.38. The van der Waals surface area contributed by atoms with Crippen LogP contribution in [0.2, 0.25) is 0 Å². The zero-order chi connectivity index (χ0) is 19.9. The number of aliphatic hydroxyl groups is 1. The molecule has 0 spiro atoms. The number of ether oxygens (including phenoxy) is 3. The first-order valence-electron chi connectivity index (χ1n) is 9.61. The van der Waals surface area contributed by atoms with Crippen LogP contribution in [0, 0.1) is 5.92 Å². The van der Waals surface area contributed by atoms with Crippen molar-refractivity contribution in [2.45, 2.75) is 33.7 Å². The molecule has 0 heterocycles. The van der Waals surface area contributed by atoms with Crippen LogP contribution in [0.5, 0.6) is 11.5 Å². The molecule has 3 N–H and O–H groups in total. The molecule has 0 bridgehead atoms. The predicted octanol–water partition coefficient (Wildman–Crippen LogP) is 2.18. The summed E-state index contributed by atoms with van der Waals surface area (Å²) in [5, 5.41) is 15.4. The molecule has 1 rings (SSSR count). The molecule has 0 fully saturated rings. The van der Waals surface area contributed by atoms with E-state index in [-0.39, 0.29) is 13.2 Å². The van der Waals surface area contributed by atoms with Gasteiger partial charge in [0.15, 0.2) is 17.5 Å². The monoisotopic (exact) mass is 381 g/mol. The standard InChI is InChI=1S/C20H35N3O4/c1-5-21-20(22-9-6-11-26-15-16(2)3)23-14-17-7-8-18(27-12-10-24)19(13-17)25-4/h7-8,13,16,24H,5-6,9-12,14-15H2,1-4H3,(H2,21,22,23). The molecule has 7 heteroatoms. The van der Waals surface area contributed by atoms with Gasteiger partial charge in [-0.3, -0.25) is 0 Å². The summed E-state index contributed by atoms with van der Waals surface area (Å²) in [4.78, 5) is 4.61. The van der Waals surface area contributed by atoms with Gasteiger partial charge in [-0.2, -0.15) is 0 Å². The summed E-state index contributed by atoms with van der Waals surface area (Å²) < 4.78 is 16.4. The molecule has 0 unspecified atom stereocenters. The summed E-state index contributed by atoms with van der Waals surface area (Å²) in [5.41, 5.74) is 1.01. The van der Waals surface area contributed by atoms with Crippen molar-refractivity contribution < 1.29 is 19.3 Å². The van der Waals surface area contributed by atoms with Crippen molar-refractivity contribution in [3.63, 3.8) is 0 Å². The van der Waals surface area contributed by atoms with Crippen LogP contribution in [0.4, 0.5) is 0 Å². The van der Waals surface area contributed by atoms with Crippen LogP contribution in [0.15, 0.2) is 23.2 Å². The van der Waals surface area contributed by atoms with Crippen LogP contribution in [0.1, 0.15) is 32.8 Å². The lowest BCUT2D eigenvalue weighted by molar-refractivity contribution is 0.108. The molecule has 0 aliphatic carbocycles. The zero-order valence-electron chi connectivity index (χ0n) is 17.1. The lowest BCUT2D eigenvalue weighted by Gasteiger charge is -2.13. The van der Waals surface area contributed by atoms with E-state index in [1.54, 1.807) is 7.11 Å². The summed E-state index contributed by atoms with van der Waals surface area (Å²) in [6.07, 6.45) is 0.932. The Morgan fingerprint density at radius 2 is 2.00 bits per heavy atom. The second-order valence-corrected chi connectivity index (χ2v) is 6.50. The van der Waals surface area contributed by atoms with Crippen LogP contribution >= 0.6 is 0 Å². The van der Waals surface area contributed by atoms with Gasteiger partial charge in [0.2, 0.25) is 0 Å². The van der Waals surface area contributed by atoms with Crippen molar-refractivity contribution >= 4 is 5.96 Å². The largest absolute Gasteiger partial charge is 0.493 e. The minimum atomic E-state index is -0.0323. The molecule has 0 atom stereocenters. The maximum absolute atomic E-state index is 8.88. The molecule has 0 saturated heterocycles. The lowest BCUT2D eigenvalue weighted by atomic mass is 10.2. The summed E-state index contributed by atoms with van der Waals surface area (Å²) in [5.74, 6) is 2.59. The van der Waals surface area contributed by atoms with Gasteiger partial charge in [0.1, 0.15) is 6.61 Å². The minimum Gasteiger partial charge on any atom is -0.493 e. The fourth-order valence-corrected chi connectivity index (χ4v) is 2.30. The molecule has 1 aromatic rings. The third kappa shape index (κ3) is 10.1. The van der Waals surface area contributed by atoms with Gasteiger partial charge in [-0.15, -0.1) is 0 Å². The highest BCUT2D eigenvalue weighted by molar-refractivity contribution is 5.79. The Hall–Kier alpha value is -1.99. The van der Waals surface area contributed by atoms with Gasteiger partial charge in [0.05, 0.1) is 20.3 Å². The SMILES string of the molecule is CCNC(=NCc1ccc(OCCO)c(OC)c1)NCCCOCC(C)C. The molecule has 0 amide bonds. The summed E-state index contributed by atoms with van der Waals surface area (Å²) >= 11 is 0. The number of nitrogens with zero attached hydrogens (tertiary/aromatic N) is 1. The van der Waals surface area contributed by atoms with Crippen molar-refractivity contribution in [3.8, 4) is 11.5 Å². The van der Waals surface area contributed by atoms with Crippen LogP contribution in [-0.2, 0) is 11.3 Å². The number of hydrogen-bond acceptors (Lipinski definition) is 5. The van der Waals surface area contributed by atoms with E-state index in [0.717, 1.165) is 44.2 Å². The topological polar surface area (TPSA) is 84.3 Å². The Kier molecular flexibility index (Phi) is 12.1. The van der Waals surface area contributed by atoms with Crippen LogP contribution in [-0.4, -0.2) is 57.7 Å². The van der Waals surface area contributed by atoms with Crippen molar-refractivity contribution in [1.29, 1.82) is 0 Å². The van der Waals surface area contributed by atoms with Crippen molar-refractivity contribution in [2.75, 3.05) is 46.6 Å².